The summed E-state index contributed by atoms with van der Waals surface area (Å²) in [4.78, 5) is 20.9. The largest absolute Gasteiger partial charge is 0.379 e. The molecule has 0 aliphatic rings. The average molecular weight is 262 g/mol. The Bertz CT molecular complexity index is 522. The number of rotatable bonds is 7. The Balaban J connectivity index is 2.66. The lowest BCUT2D eigenvalue weighted by Gasteiger charge is -2.07. The fourth-order valence-corrected chi connectivity index (χ4v) is 1.62. The Morgan fingerprint density at radius 1 is 1.47 bits per heavy atom. The van der Waals surface area contributed by atoms with Crippen molar-refractivity contribution >= 4 is 17.3 Å². The number of carbonyl (C=O) groups is 1. The molecule has 0 heterocycles. The summed E-state index contributed by atoms with van der Waals surface area (Å²) in [6.45, 7) is 0.475. The molecule has 0 radical (unpaired) electrons. The third kappa shape index (κ3) is 4.27. The van der Waals surface area contributed by atoms with Gasteiger partial charge in [-0.15, -0.1) is 0 Å². The first-order chi connectivity index (χ1) is 9.06. The van der Waals surface area contributed by atoms with Crippen molar-refractivity contribution in [2.45, 2.75) is 19.3 Å². The van der Waals surface area contributed by atoms with E-state index in [2.05, 4.69) is 5.32 Å². The number of amides is 1. The highest BCUT2D eigenvalue weighted by molar-refractivity contribution is 5.73. The standard InChI is InChI=1S/C12H14N4O3/c13-8-9-4-3-5-10(12(9)16(18)19)15-7-2-1-6-11(14)17/h3-5,15H,1-2,6-7H2,(H2,14,17). The topological polar surface area (TPSA) is 122 Å². The maximum Gasteiger partial charge on any atom is 0.309 e. The molecule has 7 nitrogen and oxygen atoms in total. The summed E-state index contributed by atoms with van der Waals surface area (Å²) in [6.07, 6.45) is 1.58. The lowest BCUT2D eigenvalue weighted by molar-refractivity contribution is -0.384. The first kappa shape index (κ1) is 14.4. The number of carbonyl (C=O) groups excluding carboxylic acids is 1. The molecule has 19 heavy (non-hydrogen) atoms. The number of benzene rings is 1. The van der Waals surface area contributed by atoms with Crippen molar-refractivity contribution in [1.29, 1.82) is 5.26 Å². The SMILES string of the molecule is N#Cc1cccc(NCCCCC(N)=O)c1[N+](=O)[O-]. The zero-order chi connectivity index (χ0) is 14.3. The van der Waals surface area contributed by atoms with Crippen LogP contribution in [0.25, 0.3) is 0 Å². The van der Waals surface area contributed by atoms with Crippen LogP contribution >= 0.6 is 0 Å². The number of nitriles is 1. The van der Waals surface area contributed by atoms with Gasteiger partial charge in [0.05, 0.1) is 4.92 Å². The van der Waals surface area contributed by atoms with E-state index in [0.29, 0.717) is 31.5 Å². The van der Waals surface area contributed by atoms with Gasteiger partial charge in [0.15, 0.2) is 0 Å². The van der Waals surface area contributed by atoms with Gasteiger partial charge in [-0.3, -0.25) is 14.9 Å². The predicted molar refractivity (Wildman–Crippen MR) is 69.3 cm³/mol. The summed E-state index contributed by atoms with van der Waals surface area (Å²) in [7, 11) is 0. The van der Waals surface area contributed by atoms with Crippen molar-refractivity contribution < 1.29 is 9.72 Å². The molecule has 1 amide bonds. The van der Waals surface area contributed by atoms with E-state index >= 15 is 0 Å². The summed E-state index contributed by atoms with van der Waals surface area (Å²) in [5.41, 5.74) is 5.11. The van der Waals surface area contributed by atoms with Gasteiger partial charge in [-0.05, 0) is 25.0 Å². The van der Waals surface area contributed by atoms with Crippen LogP contribution in [0.4, 0.5) is 11.4 Å². The number of nitrogens with two attached hydrogens (primary N) is 1. The summed E-state index contributed by atoms with van der Waals surface area (Å²) in [5.74, 6) is -0.363. The van der Waals surface area contributed by atoms with Gasteiger partial charge < -0.3 is 11.1 Å². The Morgan fingerprint density at radius 2 is 2.21 bits per heavy atom. The van der Waals surface area contributed by atoms with Crippen molar-refractivity contribution in [3.05, 3.63) is 33.9 Å². The van der Waals surface area contributed by atoms with Crippen LogP contribution in [0.3, 0.4) is 0 Å². The van der Waals surface area contributed by atoms with E-state index < -0.39 is 4.92 Å². The molecule has 1 rings (SSSR count). The van der Waals surface area contributed by atoms with Crippen molar-refractivity contribution in [2.75, 3.05) is 11.9 Å². The van der Waals surface area contributed by atoms with Crippen molar-refractivity contribution in [3.8, 4) is 6.07 Å². The van der Waals surface area contributed by atoms with E-state index in [9.17, 15) is 14.9 Å². The van der Waals surface area contributed by atoms with Crippen molar-refractivity contribution in [2.24, 2.45) is 5.73 Å². The fourth-order valence-electron chi connectivity index (χ4n) is 1.62. The monoisotopic (exact) mass is 262 g/mol. The molecule has 0 aromatic heterocycles. The molecule has 1 aromatic carbocycles. The molecule has 7 heteroatoms. The molecule has 0 aliphatic carbocycles. The highest BCUT2D eigenvalue weighted by Crippen LogP contribution is 2.27. The van der Waals surface area contributed by atoms with E-state index in [-0.39, 0.29) is 17.2 Å². The molecule has 0 unspecified atom stereocenters. The first-order valence-corrected chi connectivity index (χ1v) is 5.76. The molecular formula is C12H14N4O3. The number of hydrogen-bond donors (Lipinski definition) is 2. The van der Waals surface area contributed by atoms with Gasteiger partial charge in [0.2, 0.25) is 5.91 Å². The van der Waals surface area contributed by atoms with Crippen LogP contribution in [0.5, 0.6) is 0 Å². The number of unbranched alkanes of at least 4 members (excludes halogenated alkanes) is 1. The normalized spacial score (nSPS) is 9.63. The second-order valence-corrected chi connectivity index (χ2v) is 3.92. The van der Waals surface area contributed by atoms with Gasteiger partial charge in [-0.2, -0.15) is 5.26 Å². The van der Waals surface area contributed by atoms with E-state index in [1.54, 1.807) is 18.2 Å². The molecule has 0 spiro atoms. The zero-order valence-electron chi connectivity index (χ0n) is 10.3. The fraction of sp³-hybridized carbons (Fsp3) is 0.333. The van der Waals surface area contributed by atoms with Gasteiger partial charge in [-0.25, -0.2) is 0 Å². The zero-order valence-corrected chi connectivity index (χ0v) is 10.3. The summed E-state index contributed by atoms with van der Waals surface area (Å²) in [6, 6.07) is 6.32. The lowest BCUT2D eigenvalue weighted by atomic mass is 10.1. The van der Waals surface area contributed by atoms with E-state index in [1.165, 1.54) is 6.07 Å². The molecule has 0 bridgehead atoms. The predicted octanol–water partition coefficient (Wildman–Crippen LogP) is 1.53. The number of nitro groups is 1. The number of nitrogens with one attached hydrogen (secondary N) is 1. The van der Waals surface area contributed by atoms with Crippen LogP contribution in [0, 0.1) is 21.4 Å². The molecule has 0 aliphatic heterocycles. The second kappa shape index (κ2) is 6.96. The first-order valence-electron chi connectivity index (χ1n) is 5.76. The number of nitrogens with zero attached hydrogens (tertiary/aromatic N) is 2. The van der Waals surface area contributed by atoms with Crippen molar-refractivity contribution in [3.63, 3.8) is 0 Å². The van der Waals surface area contributed by atoms with Gasteiger partial charge in [-0.1, -0.05) is 6.07 Å². The van der Waals surface area contributed by atoms with Crippen LogP contribution in [0.1, 0.15) is 24.8 Å². The van der Waals surface area contributed by atoms with Crippen LogP contribution in [-0.4, -0.2) is 17.4 Å². The Kier molecular flexibility index (Phi) is 5.29. The minimum atomic E-state index is -0.579. The van der Waals surface area contributed by atoms with Gasteiger partial charge >= 0.3 is 5.69 Å². The Labute approximate surface area is 110 Å². The quantitative estimate of drug-likeness (QED) is 0.438. The van der Waals surface area contributed by atoms with Crippen LogP contribution in [-0.2, 0) is 4.79 Å². The van der Waals surface area contributed by atoms with Gasteiger partial charge in [0.1, 0.15) is 17.3 Å². The number of nitro benzene ring substituents is 1. The second-order valence-electron chi connectivity index (χ2n) is 3.92. The summed E-state index contributed by atoms with van der Waals surface area (Å²) >= 11 is 0. The summed E-state index contributed by atoms with van der Waals surface area (Å²) < 4.78 is 0. The molecule has 0 fully saturated rings. The maximum absolute atomic E-state index is 10.9. The van der Waals surface area contributed by atoms with Crippen LogP contribution in [0.2, 0.25) is 0 Å². The molecule has 0 saturated heterocycles. The molecule has 0 atom stereocenters. The van der Waals surface area contributed by atoms with E-state index in [4.69, 9.17) is 11.0 Å². The number of primary amides is 1. The summed E-state index contributed by atoms with van der Waals surface area (Å²) in [5, 5.41) is 22.7. The van der Waals surface area contributed by atoms with E-state index in [0.717, 1.165) is 0 Å². The van der Waals surface area contributed by atoms with Gasteiger partial charge in [0, 0.05) is 13.0 Å². The smallest absolute Gasteiger partial charge is 0.309 e. The Morgan fingerprint density at radius 3 is 2.79 bits per heavy atom. The number of hydrogen-bond acceptors (Lipinski definition) is 5. The van der Waals surface area contributed by atoms with Crippen LogP contribution in [0.15, 0.2) is 18.2 Å². The third-order valence-electron chi connectivity index (χ3n) is 2.50. The Hall–Kier alpha value is -2.62. The average Bonchev–Trinajstić information content (AvgIpc) is 2.37. The minimum absolute atomic E-state index is 0.0205. The lowest BCUT2D eigenvalue weighted by Crippen LogP contribution is -2.11. The third-order valence-corrected chi connectivity index (χ3v) is 2.50. The highest BCUT2D eigenvalue weighted by atomic mass is 16.6. The minimum Gasteiger partial charge on any atom is -0.379 e. The van der Waals surface area contributed by atoms with Crippen LogP contribution < -0.4 is 11.1 Å². The maximum atomic E-state index is 10.9. The number of anilines is 1. The molecule has 100 valence electrons. The van der Waals surface area contributed by atoms with Crippen molar-refractivity contribution in [1.82, 2.24) is 0 Å². The highest BCUT2D eigenvalue weighted by Gasteiger charge is 2.18. The molecule has 3 N–H and O–H groups in total. The molecule has 1 aromatic rings. The van der Waals surface area contributed by atoms with Gasteiger partial charge in [0.25, 0.3) is 0 Å². The van der Waals surface area contributed by atoms with E-state index in [1.807, 2.05) is 0 Å². The molecular weight excluding hydrogens is 248 g/mol. The molecule has 0 saturated carbocycles. The number of para-hydroxylation sites is 1.